The third kappa shape index (κ3) is 3.46. The van der Waals surface area contributed by atoms with E-state index in [1.54, 1.807) is 20.2 Å². The fourth-order valence-corrected chi connectivity index (χ4v) is 4.84. The molecule has 1 aliphatic heterocycles. The smallest absolute Gasteiger partial charge is 0.216 e. The Kier molecular flexibility index (Phi) is 4.93. The van der Waals surface area contributed by atoms with E-state index in [1.807, 2.05) is 0 Å². The number of aromatic nitrogens is 2. The second-order valence-electron chi connectivity index (χ2n) is 5.05. The molecule has 1 saturated heterocycles. The van der Waals surface area contributed by atoms with Crippen molar-refractivity contribution in [3.8, 4) is 5.88 Å². The zero-order valence-electron chi connectivity index (χ0n) is 11.9. The van der Waals surface area contributed by atoms with Crippen molar-refractivity contribution in [1.29, 1.82) is 0 Å². The molecule has 1 aromatic heterocycles. The second-order valence-corrected chi connectivity index (χ2v) is 7.39. The summed E-state index contributed by atoms with van der Waals surface area (Å²) in [5.41, 5.74) is 0.789. The minimum absolute atomic E-state index is 0.125. The molecule has 6 nitrogen and oxygen atoms in total. The van der Waals surface area contributed by atoms with Gasteiger partial charge in [-0.05, 0) is 19.9 Å². The zero-order valence-corrected chi connectivity index (χ0v) is 12.7. The van der Waals surface area contributed by atoms with Gasteiger partial charge in [-0.3, -0.25) is 0 Å². The van der Waals surface area contributed by atoms with Crippen molar-refractivity contribution < 1.29 is 13.2 Å². The van der Waals surface area contributed by atoms with E-state index in [1.165, 1.54) is 6.33 Å². The Morgan fingerprint density at radius 3 is 2.90 bits per heavy atom. The highest BCUT2D eigenvalue weighted by molar-refractivity contribution is 7.92. The summed E-state index contributed by atoms with van der Waals surface area (Å²) < 4.78 is 29.5. The van der Waals surface area contributed by atoms with Gasteiger partial charge in [0.2, 0.25) is 5.88 Å². The fraction of sp³-hybridized carbons (Fsp3) is 0.692. The summed E-state index contributed by atoms with van der Waals surface area (Å²) in [5, 5.41) is 2.80. The van der Waals surface area contributed by atoms with Crippen LogP contribution in [-0.4, -0.2) is 49.6 Å². The van der Waals surface area contributed by atoms with Crippen LogP contribution in [0.3, 0.4) is 0 Å². The highest BCUT2D eigenvalue weighted by Gasteiger charge is 2.35. The molecule has 1 fully saturated rings. The lowest BCUT2D eigenvalue weighted by Gasteiger charge is -2.29. The van der Waals surface area contributed by atoms with Gasteiger partial charge in [-0.2, -0.15) is 0 Å². The van der Waals surface area contributed by atoms with Crippen molar-refractivity contribution >= 4 is 9.84 Å². The molecule has 7 heteroatoms. The average Bonchev–Trinajstić information content (AvgIpc) is 2.45. The maximum absolute atomic E-state index is 12.2. The summed E-state index contributed by atoms with van der Waals surface area (Å²) in [7, 11) is 0.340. The van der Waals surface area contributed by atoms with Crippen LogP contribution < -0.4 is 10.1 Å². The summed E-state index contributed by atoms with van der Waals surface area (Å²) >= 11 is 0. The molecule has 1 aromatic rings. The molecule has 0 saturated carbocycles. The predicted molar refractivity (Wildman–Crippen MR) is 76.6 cm³/mol. The van der Waals surface area contributed by atoms with Crippen LogP contribution in [0.4, 0.5) is 0 Å². The average molecular weight is 299 g/mol. The first-order chi connectivity index (χ1) is 9.56. The molecule has 0 aromatic carbocycles. The first-order valence-electron chi connectivity index (χ1n) is 6.80. The van der Waals surface area contributed by atoms with E-state index in [4.69, 9.17) is 4.74 Å². The Morgan fingerprint density at radius 2 is 2.25 bits per heavy atom. The molecule has 20 heavy (non-hydrogen) atoms. The Labute approximate surface area is 119 Å². The lowest BCUT2D eigenvalue weighted by Crippen LogP contribution is -2.46. The molecule has 0 radical (unpaired) electrons. The first kappa shape index (κ1) is 15.2. The fourth-order valence-electron chi connectivity index (χ4n) is 2.68. The van der Waals surface area contributed by atoms with E-state index in [9.17, 15) is 8.42 Å². The predicted octanol–water partition coefficient (Wildman–Crippen LogP) is 0.583. The highest BCUT2D eigenvalue weighted by atomic mass is 32.2. The van der Waals surface area contributed by atoms with Gasteiger partial charge in [0.25, 0.3) is 0 Å². The molecule has 2 atom stereocenters. The summed E-state index contributed by atoms with van der Waals surface area (Å²) in [5.74, 6) is 0.791. The van der Waals surface area contributed by atoms with Gasteiger partial charge in [0.05, 0.1) is 18.1 Å². The highest BCUT2D eigenvalue weighted by Crippen LogP contribution is 2.24. The molecule has 0 bridgehead atoms. The number of methoxy groups -OCH3 is 1. The maximum atomic E-state index is 12.2. The Morgan fingerprint density at radius 1 is 1.45 bits per heavy atom. The summed E-state index contributed by atoms with van der Waals surface area (Å²) in [4.78, 5) is 8.15. The van der Waals surface area contributed by atoms with Crippen LogP contribution in [0.25, 0.3) is 0 Å². The second kappa shape index (κ2) is 6.49. The molecule has 2 rings (SSSR count). The van der Waals surface area contributed by atoms with Crippen LogP contribution in [0, 0.1) is 0 Å². The number of hydrogen-bond acceptors (Lipinski definition) is 6. The molecule has 1 aliphatic rings. The Hall–Kier alpha value is -1.21. The summed E-state index contributed by atoms with van der Waals surface area (Å²) in [6.45, 7) is 0. The molecule has 0 spiro atoms. The van der Waals surface area contributed by atoms with Crippen LogP contribution in [0.2, 0.25) is 0 Å². The number of rotatable bonds is 5. The van der Waals surface area contributed by atoms with Gasteiger partial charge in [0.15, 0.2) is 9.84 Å². The van der Waals surface area contributed by atoms with E-state index >= 15 is 0 Å². The molecule has 112 valence electrons. The quantitative estimate of drug-likeness (QED) is 0.856. The van der Waals surface area contributed by atoms with E-state index in [-0.39, 0.29) is 11.3 Å². The Bertz CT molecular complexity index is 548. The van der Waals surface area contributed by atoms with Crippen LogP contribution in [0.1, 0.15) is 25.0 Å². The monoisotopic (exact) mass is 299 g/mol. The summed E-state index contributed by atoms with van der Waals surface area (Å²) in [6, 6.07) is 1.62. The van der Waals surface area contributed by atoms with Crippen molar-refractivity contribution in [3.63, 3.8) is 0 Å². The van der Waals surface area contributed by atoms with Gasteiger partial charge in [-0.15, -0.1) is 0 Å². The van der Waals surface area contributed by atoms with Gasteiger partial charge in [-0.25, -0.2) is 18.4 Å². The van der Waals surface area contributed by atoms with Crippen molar-refractivity contribution in [2.75, 3.05) is 19.9 Å². The minimum Gasteiger partial charge on any atom is -0.481 e. The molecule has 2 heterocycles. The van der Waals surface area contributed by atoms with E-state index in [2.05, 4.69) is 15.3 Å². The third-order valence-corrected chi connectivity index (χ3v) is 6.13. The van der Waals surface area contributed by atoms with Crippen LogP contribution >= 0.6 is 0 Å². The van der Waals surface area contributed by atoms with Crippen LogP contribution in [-0.2, 0) is 16.3 Å². The van der Waals surface area contributed by atoms with E-state index in [0.717, 1.165) is 25.0 Å². The minimum atomic E-state index is -3.01. The number of nitrogens with zero attached hydrogens (tertiary/aromatic N) is 2. The van der Waals surface area contributed by atoms with E-state index < -0.39 is 9.84 Å². The third-order valence-electron chi connectivity index (χ3n) is 3.79. The SMILES string of the molecule is CNC(Cc1cc(OC)ncn1)C1CCCCS1(=O)=O. The van der Waals surface area contributed by atoms with Crippen molar-refractivity contribution in [3.05, 3.63) is 18.1 Å². The van der Waals surface area contributed by atoms with E-state index in [0.29, 0.717) is 18.1 Å². The number of likely N-dealkylation sites (N-methyl/N-ethyl adjacent to an activating group) is 1. The standard InChI is InChI=1S/C13H21N3O3S/c1-14-11(12-5-3-4-6-20(12,17)18)7-10-8-13(19-2)16-9-15-10/h8-9,11-12,14H,3-7H2,1-2H3. The molecule has 2 unspecified atom stereocenters. The van der Waals surface area contributed by atoms with Gasteiger partial charge in [-0.1, -0.05) is 6.42 Å². The number of nitrogens with one attached hydrogen (secondary N) is 1. The molecule has 0 amide bonds. The van der Waals surface area contributed by atoms with Gasteiger partial charge in [0, 0.05) is 24.2 Å². The lowest BCUT2D eigenvalue weighted by atomic mass is 10.0. The molecular formula is C13H21N3O3S. The van der Waals surface area contributed by atoms with Gasteiger partial charge in [0.1, 0.15) is 6.33 Å². The molecule has 0 aliphatic carbocycles. The molecular weight excluding hydrogens is 278 g/mol. The van der Waals surface area contributed by atoms with Gasteiger partial charge < -0.3 is 10.1 Å². The number of sulfone groups is 1. The van der Waals surface area contributed by atoms with Crippen molar-refractivity contribution in [2.24, 2.45) is 0 Å². The van der Waals surface area contributed by atoms with Crippen LogP contribution in [0.5, 0.6) is 5.88 Å². The number of ether oxygens (including phenoxy) is 1. The normalized spacial score (nSPS) is 23.2. The van der Waals surface area contributed by atoms with Crippen molar-refractivity contribution in [2.45, 2.75) is 37.0 Å². The maximum Gasteiger partial charge on any atom is 0.216 e. The van der Waals surface area contributed by atoms with Crippen LogP contribution in [0.15, 0.2) is 12.4 Å². The number of hydrogen-bond donors (Lipinski definition) is 1. The van der Waals surface area contributed by atoms with Gasteiger partial charge >= 0.3 is 0 Å². The zero-order chi connectivity index (χ0) is 14.6. The topological polar surface area (TPSA) is 81.2 Å². The Balaban J connectivity index is 2.15. The largest absolute Gasteiger partial charge is 0.481 e. The molecule has 1 N–H and O–H groups in total. The lowest BCUT2D eigenvalue weighted by molar-refractivity contribution is 0.394. The first-order valence-corrected chi connectivity index (χ1v) is 8.52. The van der Waals surface area contributed by atoms with Crippen molar-refractivity contribution in [1.82, 2.24) is 15.3 Å². The summed E-state index contributed by atoms with van der Waals surface area (Å²) in [6.07, 6.45) is 4.46.